The zero-order chi connectivity index (χ0) is 22.2. The summed E-state index contributed by atoms with van der Waals surface area (Å²) in [6.07, 6.45) is 0.437. The molecule has 3 rings (SSSR count). The summed E-state index contributed by atoms with van der Waals surface area (Å²) >= 11 is 0. The van der Waals surface area contributed by atoms with E-state index in [1.165, 1.54) is 32.4 Å². The molecule has 0 aliphatic carbocycles. The first-order valence-corrected chi connectivity index (χ1v) is 9.54. The number of hydrogen-bond acceptors (Lipinski definition) is 5. The van der Waals surface area contributed by atoms with Gasteiger partial charge in [-0.1, -0.05) is 13.0 Å². The molecule has 1 aromatic carbocycles. The number of methoxy groups -OCH3 is 1. The van der Waals surface area contributed by atoms with Crippen molar-refractivity contribution < 1.29 is 27.8 Å². The van der Waals surface area contributed by atoms with Crippen LogP contribution in [0.1, 0.15) is 49.7 Å². The Morgan fingerprint density at radius 2 is 1.93 bits per heavy atom. The van der Waals surface area contributed by atoms with Gasteiger partial charge in [-0.3, -0.25) is 14.6 Å². The van der Waals surface area contributed by atoms with Gasteiger partial charge >= 0.3 is 0 Å². The molecule has 1 aliphatic heterocycles. The summed E-state index contributed by atoms with van der Waals surface area (Å²) < 4.78 is 39.2. The summed E-state index contributed by atoms with van der Waals surface area (Å²) in [7, 11) is 1.25. The van der Waals surface area contributed by atoms with Gasteiger partial charge in [-0.15, -0.1) is 0 Å². The molecular formula is C22H24F2N2O4. The van der Waals surface area contributed by atoms with Gasteiger partial charge in [0.2, 0.25) is 5.82 Å². The molecule has 0 unspecified atom stereocenters. The van der Waals surface area contributed by atoms with E-state index < -0.39 is 35.2 Å². The zero-order valence-corrected chi connectivity index (χ0v) is 17.5. The first-order valence-electron chi connectivity index (χ1n) is 9.54. The van der Waals surface area contributed by atoms with Crippen molar-refractivity contribution in [3.63, 3.8) is 0 Å². The maximum atomic E-state index is 14.4. The number of halogens is 2. The smallest absolute Gasteiger partial charge is 0.254 e. The number of rotatable bonds is 5. The van der Waals surface area contributed by atoms with Crippen molar-refractivity contribution in [1.29, 1.82) is 0 Å². The molecular weight excluding hydrogens is 394 g/mol. The predicted molar refractivity (Wildman–Crippen MR) is 107 cm³/mol. The summed E-state index contributed by atoms with van der Waals surface area (Å²) in [5.74, 6) is -3.88. The summed E-state index contributed by atoms with van der Waals surface area (Å²) in [4.78, 5) is 28.6. The van der Waals surface area contributed by atoms with Gasteiger partial charge in [0.1, 0.15) is 11.8 Å². The number of pyridine rings is 1. The Labute approximate surface area is 173 Å². The zero-order valence-electron chi connectivity index (χ0n) is 17.5. The molecule has 0 saturated carbocycles. The van der Waals surface area contributed by atoms with Gasteiger partial charge in [-0.25, -0.2) is 4.39 Å². The molecule has 2 aromatic rings. The SMILES string of the molecule is COc1c([C@@H]2[C@H](C(=O)Nc3ccnc(C(C)=O)c3)OC(C)(C)[C@H]2C)ccc(F)c1F. The van der Waals surface area contributed by atoms with Crippen LogP contribution in [0.5, 0.6) is 5.75 Å². The number of ether oxygens (including phenoxy) is 2. The predicted octanol–water partition coefficient (Wildman–Crippen LogP) is 4.11. The minimum absolute atomic E-state index is 0.211. The average Bonchev–Trinajstić information content (AvgIpc) is 2.93. The van der Waals surface area contributed by atoms with Crippen LogP contribution in [-0.2, 0) is 9.53 Å². The monoisotopic (exact) mass is 418 g/mol. The molecule has 1 aromatic heterocycles. The minimum Gasteiger partial charge on any atom is -0.493 e. The molecule has 1 amide bonds. The lowest BCUT2D eigenvalue weighted by Crippen LogP contribution is -2.33. The summed E-state index contributed by atoms with van der Waals surface area (Å²) in [5.41, 5.74) is 0.254. The first-order chi connectivity index (χ1) is 14.1. The van der Waals surface area contributed by atoms with Crippen molar-refractivity contribution in [1.82, 2.24) is 4.98 Å². The average molecular weight is 418 g/mol. The molecule has 0 spiro atoms. The van der Waals surface area contributed by atoms with E-state index in [0.717, 1.165) is 6.07 Å². The van der Waals surface area contributed by atoms with Crippen LogP contribution in [-0.4, -0.2) is 35.5 Å². The number of aromatic nitrogens is 1. The van der Waals surface area contributed by atoms with E-state index in [0.29, 0.717) is 11.3 Å². The van der Waals surface area contributed by atoms with Gasteiger partial charge in [0.15, 0.2) is 17.3 Å². The van der Waals surface area contributed by atoms with Crippen molar-refractivity contribution in [2.45, 2.75) is 45.3 Å². The third-order valence-electron chi connectivity index (χ3n) is 5.68. The Balaban J connectivity index is 1.98. The molecule has 1 fully saturated rings. The van der Waals surface area contributed by atoms with E-state index in [4.69, 9.17) is 9.47 Å². The standard InChI is InChI=1S/C22H24F2N2O4/c1-11-17(14-6-7-15(23)18(24)19(14)29-5)20(30-22(11,3)4)21(28)26-13-8-9-25-16(10-13)12(2)27/h6-11,17,20H,1-5H3,(H,25,26,28)/t11-,17+,20+/m0/s1. The van der Waals surface area contributed by atoms with Crippen molar-refractivity contribution >= 4 is 17.4 Å². The number of Topliss-reactive ketones (excluding diaryl/α,β-unsaturated/α-hetero) is 1. The lowest BCUT2D eigenvalue weighted by molar-refractivity contribution is -0.131. The highest BCUT2D eigenvalue weighted by atomic mass is 19.2. The molecule has 160 valence electrons. The van der Waals surface area contributed by atoms with Crippen LogP contribution >= 0.6 is 0 Å². The third kappa shape index (κ3) is 3.92. The maximum Gasteiger partial charge on any atom is 0.254 e. The molecule has 3 atom stereocenters. The Hall–Kier alpha value is -2.87. The highest BCUT2D eigenvalue weighted by Crippen LogP contribution is 2.49. The normalized spacial score (nSPS) is 22.6. The number of anilines is 1. The Bertz CT molecular complexity index is 993. The molecule has 30 heavy (non-hydrogen) atoms. The van der Waals surface area contributed by atoms with Gasteiger partial charge in [0.25, 0.3) is 5.91 Å². The second kappa shape index (κ2) is 8.10. The van der Waals surface area contributed by atoms with Crippen LogP contribution in [0.3, 0.4) is 0 Å². The van der Waals surface area contributed by atoms with Gasteiger partial charge in [0, 0.05) is 30.3 Å². The Kier molecular flexibility index (Phi) is 5.90. The Morgan fingerprint density at radius 3 is 2.57 bits per heavy atom. The molecule has 0 radical (unpaired) electrons. The molecule has 8 heteroatoms. The van der Waals surface area contributed by atoms with E-state index in [1.807, 2.05) is 20.8 Å². The third-order valence-corrected chi connectivity index (χ3v) is 5.68. The number of nitrogens with one attached hydrogen (secondary N) is 1. The highest BCUT2D eigenvalue weighted by Gasteiger charge is 2.51. The van der Waals surface area contributed by atoms with Gasteiger partial charge in [-0.2, -0.15) is 4.39 Å². The number of hydrogen-bond donors (Lipinski definition) is 1. The van der Waals surface area contributed by atoms with Crippen molar-refractivity contribution in [2.24, 2.45) is 5.92 Å². The fourth-order valence-corrected chi connectivity index (χ4v) is 3.78. The van der Waals surface area contributed by atoms with Crippen LogP contribution in [0.2, 0.25) is 0 Å². The lowest BCUT2D eigenvalue weighted by Gasteiger charge is -2.25. The van der Waals surface area contributed by atoms with Crippen LogP contribution in [0, 0.1) is 17.6 Å². The van der Waals surface area contributed by atoms with Crippen LogP contribution in [0.25, 0.3) is 0 Å². The number of benzene rings is 1. The largest absolute Gasteiger partial charge is 0.493 e. The van der Waals surface area contributed by atoms with Crippen molar-refractivity contribution in [2.75, 3.05) is 12.4 Å². The van der Waals surface area contributed by atoms with E-state index >= 15 is 0 Å². The molecule has 1 N–H and O–H groups in total. The van der Waals surface area contributed by atoms with E-state index in [1.54, 1.807) is 6.07 Å². The van der Waals surface area contributed by atoms with Crippen LogP contribution in [0.15, 0.2) is 30.5 Å². The van der Waals surface area contributed by atoms with E-state index in [2.05, 4.69) is 10.3 Å². The number of nitrogens with zero attached hydrogens (tertiary/aromatic N) is 1. The fourth-order valence-electron chi connectivity index (χ4n) is 3.78. The van der Waals surface area contributed by atoms with Gasteiger partial charge in [0.05, 0.1) is 12.7 Å². The second-order valence-electron chi connectivity index (χ2n) is 7.92. The molecule has 0 bridgehead atoms. The molecule has 1 aliphatic rings. The Morgan fingerprint density at radius 1 is 1.23 bits per heavy atom. The molecule has 2 heterocycles. The van der Waals surface area contributed by atoms with Crippen LogP contribution < -0.4 is 10.1 Å². The molecule has 1 saturated heterocycles. The lowest BCUT2D eigenvalue weighted by atomic mass is 9.78. The first kappa shape index (κ1) is 21.8. The van der Waals surface area contributed by atoms with Crippen molar-refractivity contribution in [3.05, 3.63) is 53.4 Å². The summed E-state index contributed by atoms with van der Waals surface area (Å²) in [6, 6.07) is 5.46. The van der Waals surface area contributed by atoms with E-state index in [-0.39, 0.29) is 23.1 Å². The number of amides is 1. The minimum atomic E-state index is -1.11. The van der Waals surface area contributed by atoms with E-state index in [9.17, 15) is 18.4 Å². The number of ketones is 1. The van der Waals surface area contributed by atoms with Gasteiger partial charge in [-0.05, 0) is 38.0 Å². The summed E-state index contributed by atoms with van der Waals surface area (Å²) in [6.45, 7) is 6.94. The topological polar surface area (TPSA) is 77.5 Å². The number of carbonyl (C=O) groups excluding carboxylic acids is 2. The van der Waals surface area contributed by atoms with Crippen molar-refractivity contribution in [3.8, 4) is 5.75 Å². The quantitative estimate of drug-likeness (QED) is 0.740. The second-order valence-corrected chi connectivity index (χ2v) is 7.92. The maximum absolute atomic E-state index is 14.4. The summed E-state index contributed by atoms with van der Waals surface area (Å²) in [5, 5.41) is 2.74. The fraction of sp³-hybridized carbons (Fsp3) is 0.409. The highest BCUT2D eigenvalue weighted by molar-refractivity contribution is 5.97. The van der Waals surface area contributed by atoms with Gasteiger partial charge < -0.3 is 14.8 Å². The van der Waals surface area contributed by atoms with Crippen LogP contribution in [0.4, 0.5) is 14.5 Å². The molecule has 6 nitrogen and oxygen atoms in total. The number of carbonyl (C=O) groups is 2.